The second-order valence-electron chi connectivity index (χ2n) is 11.4. The van der Waals surface area contributed by atoms with Gasteiger partial charge in [0.2, 0.25) is 0 Å². The first-order chi connectivity index (χ1) is 15.6. The van der Waals surface area contributed by atoms with Gasteiger partial charge in [-0.2, -0.15) is 0 Å². The van der Waals surface area contributed by atoms with Crippen LogP contribution in [0.25, 0.3) is 22.2 Å². The van der Waals surface area contributed by atoms with Crippen molar-refractivity contribution in [3.05, 3.63) is 66.2 Å². The van der Waals surface area contributed by atoms with Crippen LogP contribution in [0, 0.1) is 35.7 Å². The molecule has 2 N–H and O–H groups in total. The van der Waals surface area contributed by atoms with Gasteiger partial charge in [-0.15, -0.1) is 35.9 Å². The van der Waals surface area contributed by atoms with E-state index in [1.807, 2.05) is 36.4 Å². The van der Waals surface area contributed by atoms with Gasteiger partial charge in [0, 0.05) is 31.4 Å². The van der Waals surface area contributed by atoms with Gasteiger partial charge in [-0.05, 0) is 60.3 Å². The van der Waals surface area contributed by atoms with E-state index in [-0.39, 0.29) is 49.1 Å². The summed E-state index contributed by atoms with van der Waals surface area (Å²) in [6.45, 7) is 10.7. The predicted octanol–water partition coefficient (Wildman–Crippen LogP) is 6.59. The summed E-state index contributed by atoms with van der Waals surface area (Å²) in [5, 5.41) is 22.2. The molecule has 2 fully saturated rings. The average molecular weight is 637 g/mol. The van der Waals surface area contributed by atoms with Crippen molar-refractivity contribution in [3.8, 4) is 11.3 Å². The van der Waals surface area contributed by atoms with E-state index in [0.29, 0.717) is 5.92 Å². The van der Waals surface area contributed by atoms with Gasteiger partial charge in [0.1, 0.15) is 0 Å². The predicted molar refractivity (Wildman–Crippen MR) is 136 cm³/mol. The molecule has 2 saturated carbocycles. The van der Waals surface area contributed by atoms with Gasteiger partial charge < -0.3 is 10.2 Å². The second kappa shape index (κ2) is 10.6. The van der Waals surface area contributed by atoms with Crippen LogP contribution in [0.4, 0.5) is 0 Å². The van der Waals surface area contributed by atoms with Gasteiger partial charge in [0.05, 0.1) is 17.7 Å². The summed E-state index contributed by atoms with van der Waals surface area (Å²) >= 11 is 0. The number of rotatable bonds is 1. The van der Waals surface area contributed by atoms with Gasteiger partial charge in [0.15, 0.2) is 0 Å². The molecule has 2 aliphatic carbocycles. The maximum atomic E-state index is 10.5. The van der Waals surface area contributed by atoms with Crippen LogP contribution in [0.2, 0.25) is 0 Å². The number of para-hydroxylation sites is 1. The second-order valence-corrected chi connectivity index (χ2v) is 11.4. The Bertz CT molecular complexity index is 1100. The molecule has 1 radical (unpaired) electrons. The smallest absolute Gasteiger partial charge is 0.0646 e. The summed E-state index contributed by atoms with van der Waals surface area (Å²) in [4.78, 5) is 4.68. The first-order valence-electron chi connectivity index (χ1n) is 12.3. The maximum Gasteiger partial charge on any atom is 0.0646 e. The zero-order chi connectivity index (χ0) is 23.8. The minimum atomic E-state index is -0.350. The zero-order valence-electron chi connectivity index (χ0n) is 21.0. The van der Waals surface area contributed by atoms with E-state index in [2.05, 4.69) is 63.9 Å². The molecule has 2 aliphatic rings. The van der Waals surface area contributed by atoms with Crippen LogP contribution in [-0.4, -0.2) is 27.4 Å². The van der Waals surface area contributed by atoms with Crippen LogP contribution in [0.1, 0.15) is 58.9 Å². The number of nitrogens with zero attached hydrogens (tertiary/aromatic N) is 1. The first-order valence-corrected chi connectivity index (χ1v) is 12.3. The summed E-state index contributed by atoms with van der Waals surface area (Å²) in [6, 6.07) is 21.5. The number of aliphatic hydroxyl groups excluding tert-OH is 2. The van der Waals surface area contributed by atoms with E-state index in [1.54, 1.807) is 0 Å². The molecule has 0 spiro atoms. The Labute approximate surface area is 218 Å². The molecule has 2 aromatic carbocycles. The van der Waals surface area contributed by atoms with Crippen LogP contribution in [0.5, 0.6) is 0 Å². The average Bonchev–Trinajstić information content (AvgIpc) is 2.95. The van der Waals surface area contributed by atoms with Crippen molar-refractivity contribution in [2.24, 2.45) is 22.7 Å². The monoisotopic (exact) mass is 637 g/mol. The Hall–Kier alpha value is -1.58. The van der Waals surface area contributed by atoms with E-state index in [4.69, 9.17) is 0 Å². The number of benzene rings is 2. The molecule has 0 bridgehead atoms. The Morgan fingerprint density at radius 2 is 1.62 bits per heavy atom. The Balaban J connectivity index is 0.000000186. The number of hydrogen-bond acceptors (Lipinski definition) is 3. The van der Waals surface area contributed by atoms with Crippen LogP contribution < -0.4 is 0 Å². The van der Waals surface area contributed by atoms with Gasteiger partial charge in [0.25, 0.3) is 0 Å². The molecule has 4 atom stereocenters. The maximum absolute atomic E-state index is 10.5. The number of aromatic nitrogens is 1. The van der Waals surface area contributed by atoms with Gasteiger partial charge >= 0.3 is 0 Å². The summed E-state index contributed by atoms with van der Waals surface area (Å²) < 4.78 is 0. The van der Waals surface area contributed by atoms with Crippen LogP contribution in [0.3, 0.4) is 0 Å². The van der Waals surface area contributed by atoms with E-state index < -0.39 is 0 Å². The van der Waals surface area contributed by atoms with Crippen molar-refractivity contribution < 1.29 is 30.3 Å². The number of fused-ring (bicyclic) bond motifs is 2. The summed E-state index contributed by atoms with van der Waals surface area (Å²) in [5.74, 6) is 0.606. The van der Waals surface area contributed by atoms with E-state index in [0.717, 1.165) is 29.6 Å². The first kappa shape index (κ1) is 27.0. The van der Waals surface area contributed by atoms with Crippen molar-refractivity contribution in [2.45, 2.75) is 72.5 Å². The van der Waals surface area contributed by atoms with Crippen LogP contribution in [-0.2, 0) is 20.1 Å². The Kier molecular flexibility index (Phi) is 8.41. The van der Waals surface area contributed by atoms with Crippen molar-refractivity contribution in [1.82, 2.24) is 4.98 Å². The molecule has 1 aromatic heterocycles. The van der Waals surface area contributed by atoms with Crippen LogP contribution >= 0.6 is 0 Å². The van der Waals surface area contributed by atoms with E-state index in [9.17, 15) is 10.2 Å². The third-order valence-corrected chi connectivity index (χ3v) is 7.97. The summed E-state index contributed by atoms with van der Waals surface area (Å²) in [5.41, 5.74) is 4.26. The third-order valence-electron chi connectivity index (χ3n) is 7.97. The normalized spacial score (nSPS) is 27.0. The molecule has 0 amide bonds. The fourth-order valence-electron chi connectivity index (χ4n) is 5.97. The number of aryl methyl sites for hydroxylation is 1. The Morgan fingerprint density at radius 1 is 0.941 bits per heavy atom. The molecule has 185 valence electrons. The van der Waals surface area contributed by atoms with Crippen LogP contribution in [0.15, 0.2) is 54.6 Å². The SMILES string of the molecule is CC1(C)CCCC2CC(C)(C)C(O)C2C1O.Cc1cc(-c2[c-]cccc2)nc2ccccc12.[Ir]. The molecular formula is C30H38IrNO2-. The molecule has 4 unspecified atom stereocenters. The van der Waals surface area contributed by atoms with E-state index >= 15 is 0 Å². The van der Waals surface area contributed by atoms with Gasteiger partial charge in [-0.3, -0.25) is 4.98 Å². The zero-order valence-corrected chi connectivity index (χ0v) is 23.4. The fraction of sp³-hybridized carbons (Fsp3) is 0.500. The van der Waals surface area contributed by atoms with E-state index in [1.165, 1.54) is 23.8 Å². The van der Waals surface area contributed by atoms with Crippen molar-refractivity contribution in [2.75, 3.05) is 0 Å². The molecule has 5 rings (SSSR count). The van der Waals surface area contributed by atoms with Crippen molar-refractivity contribution >= 4 is 10.9 Å². The molecule has 1 heterocycles. The van der Waals surface area contributed by atoms with Crippen molar-refractivity contribution in [3.63, 3.8) is 0 Å². The quantitative estimate of drug-likeness (QED) is 0.297. The number of aliphatic hydroxyl groups is 2. The molecule has 0 saturated heterocycles. The topological polar surface area (TPSA) is 53.4 Å². The number of pyridine rings is 1. The fourth-order valence-corrected chi connectivity index (χ4v) is 5.97. The minimum Gasteiger partial charge on any atom is -0.392 e. The molecule has 4 heteroatoms. The van der Waals surface area contributed by atoms with Gasteiger partial charge in [-0.1, -0.05) is 58.4 Å². The third kappa shape index (κ3) is 5.46. The molecule has 34 heavy (non-hydrogen) atoms. The molecule has 3 nitrogen and oxygen atoms in total. The molecular weight excluding hydrogens is 599 g/mol. The molecule has 0 aliphatic heterocycles. The summed E-state index contributed by atoms with van der Waals surface area (Å²) in [7, 11) is 0. The van der Waals surface area contributed by atoms with Crippen molar-refractivity contribution in [1.29, 1.82) is 0 Å². The largest absolute Gasteiger partial charge is 0.392 e. The minimum absolute atomic E-state index is 0. The number of hydrogen-bond donors (Lipinski definition) is 2. The summed E-state index contributed by atoms with van der Waals surface area (Å²) in [6.07, 6.45) is 3.81. The molecule has 3 aromatic rings. The standard InChI is InChI=1S/C16H12N.C14H26O2.Ir/c1-12-11-16(13-7-3-2-4-8-13)17-15-10-6-5-9-14(12)15;1-13(2)7-5-6-9-8-14(3,4)12(16)10(9)11(13)15;/h2-7,9-11H,1H3;9-12,15-16H,5-8H2,1-4H3;/q-1;;. The Morgan fingerprint density at radius 3 is 2.32 bits per heavy atom. The van der Waals surface area contributed by atoms with Gasteiger partial charge in [-0.25, -0.2) is 0 Å².